The van der Waals surface area contributed by atoms with Crippen LogP contribution in [0.4, 0.5) is 5.69 Å². The second kappa shape index (κ2) is 6.00. The number of carbonyl (C=O) groups excluding carboxylic acids is 1. The van der Waals surface area contributed by atoms with Crippen molar-refractivity contribution in [3.8, 4) is 0 Å². The molecule has 0 saturated carbocycles. The van der Waals surface area contributed by atoms with Crippen LogP contribution in [0.25, 0.3) is 6.08 Å². The Morgan fingerprint density at radius 2 is 2.19 bits per heavy atom. The van der Waals surface area contributed by atoms with Crippen LogP contribution in [0.5, 0.6) is 0 Å². The van der Waals surface area contributed by atoms with Crippen molar-refractivity contribution in [1.82, 2.24) is 14.8 Å². The molecule has 0 saturated heterocycles. The first-order valence-electron chi connectivity index (χ1n) is 6.15. The van der Waals surface area contributed by atoms with Crippen molar-refractivity contribution >= 4 is 23.6 Å². The predicted molar refractivity (Wildman–Crippen MR) is 76.8 cm³/mol. The first-order chi connectivity index (χ1) is 9.97. The molecule has 2 aromatic heterocycles. The number of anilines is 1. The highest BCUT2D eigenvalue weighted by atomic mass is 16.4. The molecule has 0 aliphatic heterocycles. The monoisotopic (exact) mass is 286 g/mol. The van der Waals surface area contributed by atoms with Crippen LogP contribution in [-0.2, 0) is 11.8 Å². The quantitative estimate of drug-likeness (QED) is 0.830. The molecular formula is C14H14N4O3. The summed E-state index contributed by atoms with van der Waals surface area (Å²) in [5, 5.41) is 15.5. The molecule has 2 rings (SSSR count). The second-order valence-electron chi connectivity index (χ2n) is 4.37. The average Bonchev–Trinajstić information content (AvgIpc) is 2.74. The topological polar surface area (TPSA) is 97.1 Å². The molecule has 0 atom stereocenters. The molecule has 2 aromatic rings. The van der Waals surface area contributed by atoms with Crippen molar-refractivity contribution < 1.29 is 14.7 Å². The fourth-order valence-electron chi connectivity index (χ4n) is 1.81. The van der Waals surface area contributed by atoms with Crippen molar-refractivity contribution in [2.24, 2.45) is 7.05 Å². The summed E-state index contributed by atoms with van der Waals surface area (Å²) in [4.78, 5) is 26.8. The van der Waals surface area contributed by atoms with Crippen LogP contribution < -0.4 is 5.32 Å². The zero-order chi connectivity index (χ0) is 15.4. The summed E-state index contributed by atoms with van der Waals surface area (Å²) < 4.78 is 1.59. The van der Waals surface area contributed by atoms with E-state index in [1.807, 2.05) is 0 Å². The van der Waals surface area contributed by atoms with Gasteiger partial charge in [-0.1, -0.05) is 6.07 Å². The number of aliphatic carboxylic acids is 1. The number of nitrogens with one attached hydrogen (secondary N) is 1. The molecule has 21 heavy (non-hydrogen) atoms. The minimum absolute atomic E-state index is 0.151. The molecule has 108 valence electrons. The maximum Gasteiger partial charge on any atom is 0.328 e. The lowest BCUT2D eigenvalue weighted by molar-refractivity contribution is -0.131. The van der Waals surface area contributed by atoms with Gasteiger partial charge in [0.15, 0.2) is 0 Å². The highest BCUT2D eigenvalue weighted by Crippen LogP contribution is 2.15. The van der Waals surface area contributed by atoms with E-state index >= 15 is 0 Å². The Hall–Kier alpha value is -2.96. The number of carboxylic acid groups (broad SMARTS) is 1. The Bertz CT molecular complexity index is 719. The van der Waals surface area contributed by atoms with Gasteiger partial charge in [0, 0.05) is 31.1 Å². The van der Waals surface area contributed by atoms with E-state index in [4.69, 9.17) is 5.11 Å². The summed E-state index contributed by atoms with van der Waals surface area (Å²) in [7, 11) is 1.75. The van der Waals surface area contributed by atoms with E-state index < -0.39 is 11.9 Å². The highest BCUT2D eigenvalue weighted by Gasteiger charge is 2.14. The SMILES string of the molecule is Cc1nn(C)cc1NC(=O)c1ncccc1/C=C/C(=O)O. The molecule has 0 bridgehead atoms. The fraction of sp³-hybridized carbons (Fsp3) is 0.143. The normalized spacial score (nSPS) is 10.8. The van der Waals surface area contributed by atoms with E-state index in [9.17, 15) is 9.59 Å². The van der Waals surface area contributed by atoms with Crippen LogP contribution in [0.3, 0.4) is 0 Å². The van der Waals surface area contributed by atoms with Gasteiger partial charge < -0.3 is 10.4 Å². The van der Waals surface area contributed by atoms with Gasteiger partial charge in [0.25, 0.3) is 5.91 Å². The molecule has 0 unspecified atom stereocenters. The summed E-state index contributed by atoms with van der Waals surface area (Å²) in [5.74, 6) is -1.51. The predicted octanol–water partition coefficient (Wildman–Crippen LogP) is 1.47. The number of aromatic nitrogens is 3. The maximum absolute atomic E-state index is 12.2. The van der Waals surface area contributed by atoms with E-state index in [1.54, 1.807) is 37.0 Å². The number of carbonyl (C=O) groups is 2. The number of nitrogens with zero attached hydrogens (tertiary/aromatic N) is 3. The Labute approximate surface area is 120 Å². The number of carboxylic acids is 1. The van der Waals surface area contributed by atoms with Gasteiger partial charge in [-0.05, 0) is 19.1 Å². The first kappa shape index (κ1) is 14.4. The van der Waals surface area contributed by atoms with Gasteiger partial charge in [-0.15, -0.1) is 0 Å². The molecule has 1 amide bonds. The zero-order valence-electron chi connectivity index (χ0n) is 11.6. The molecule has 2 N–H and O–H groups in total. The van der Waals surface area contributed by atoms with E-state index in [2.05, 4.69) is 15.4 Å². The number of hydrogen-bond acceptors (Lipinski definition) is 4. The number of amides is 1. The fourth-order valence-corrected chi connectivity index (χ4v) is 1.81. The standard InChI is InChI=1S/C14H14N4O3/c1-9-11(8-18(2)17-9)16-14(21)13-10(4-3-7-15-13)5-6-12(19)20/h3-8H,1-2H3,(H,16,21)(H,19,20)/b6-5+. The zero-order valence-corrected chi connectivity index (χ0v) is 11.6. The Kier molecular flexibility index (Phi) is 4.13. The largest absolute Gasteiger partial charge is 0.478 e. The van der Waals surface area contributed by atoms with Crippen LogP contribution in [0.15, 0.2) is 30.6 Å². The molecule has 7 heteroatoms. The summed E-state index contributed by atoms with van der Waals surface area (Å²) in [5.41, 5.74) is 1.85. The smallest absolute Gasteiger partial charge is 0.328 e. The Morgan fingerprint density at radius 3 is 2.81 bits per heavy atom. The molecule has 0 fully saturated rings. The van der Waals surface area contributed by atoms with E-state index in [-0.39, 0.29) is 5.69 Å². The van der Waals surface area contributed by atoms with Crippen molar-refractivity contribution in [1.29, 1.82) is 0 Å². The van der Waals surface area contributed by atoms with Crippen LogP contribution >= 0.6 is 0 Å². The van der Waals surface area contributed by atoms with Gasteiger partial charge in [0.2, 0.25) is 0 Å². The van der Waals surface area contributed by atoms with Crippen molar-refractivity contribution in [3.05, 3.63) is 47.6 Å². The molecule has 0 aliphatic carbocycles. The number of rotatable bonds is 4. The Morgan fingerprint density at radius 1 is 1.43 bits per heavy atom. The van der Waals surface area contributed by atoms with Gasteiger partial charge in [-0.25, -0.2) is 4.79 Å². The third-order valence-electron chi connectivity index (χ3n) is 2.72. The van der Waals surface area contributed by atoms with Gasteiger partial charge in [0.05, 0.1) is 11.4 Å². The summed E-state index contributed by atoms with van der Waals surface area (Å²) in [6, 6.07) is 3.26. The first-order valence-corrected chi connectivity index (χ1v) is 6.15. The molecule has 0 aliphatic rings. The van der Waals surface area contributed by atoms with Gasteiger partial charge >= 0.3 is 5.97 Å². The van der Waals surface area contributed by atoms with Gasteiger partial charge in [-0.2, -0.15) is 5.10 Å². The van der Waals surface area contributed by atoms with Crippen molar-refractivity contribution in [2.45, 2.75) is 6.92 Å². The van der Waals surface area contributed by atoms with E-state index in [0.717, 1.165) is 6.08 Å². The molecule has 0 spiro atoms. The van der Waals surface area contributed by atoms with Gasteiger partial charge in [-0.3, -0.25) is 14.5 Å². The summed E-state index contributed by atoms with van der Waals surface area (Å²) >= 11 is 0. The highest BCUT2D eigenvalue weighted by molar-refractivity contribution is 6.05. The second-order valence-corrected chi connectivity index (χ2v) is 4.37. The minimum atomic E-state index is -1.09. The molecule has 0 radical (unpaired) electrons. The van der Waals surface area contributed by atoms with Crippen molar-refractivity contribution in [2.75, 3.05) is 5.32 Å². The third-order valence-corrected chi connectivity index (χ3v) is 2.72. The molecule has 2 heterocycles. The maximum atomic E-state index is 12.2. The molecule has 0 aromatic carbocycles. The lowest BCUT2D eigenvalue weighted by Crippen LogP contribution is -2.15. The molecule has 7 nitrogen and oxygen atoms in total. The third kappa shape index (κ3) is 3.53. The van der Waals surface area contributed by atoms with E-state index in [1.165, 1.54) is 12.3 Å². The van der Waals surface area contributed by atoms with Crippen molar-refractivity contribution in [3.63, 3.8) is 0 Å². The Balaban J connectivity index is 2.27. The number of pyridine rings is 1. The van der Waals surface area contributed by atoms with E-state index in [0.29, 0.717) is 16.9 Å². The summed E-state index contributed by atoms with van der Waals surface area (Å²) in [6.07, 6.45) is 5.45. The minimum Gasteiger partial charge on any atom is -0.478 e. The van der Waals surface area contributed by atoms with Crippen LogP contribution in [0.2, 0.25) is 0 Å². The summed E-state index contributed by atoms with van der Waals surface area (Å²) in [6.45, 7) is 1.78. The van der Waals surface area contributed by atoms with Gasteiger partial charge in [0.1, 0.15) is 5.69 Å². The average molecular weight is 286 g/mol. The lowest BCUT2D eigenvalue weighted by Gasteiger charge is -2.05. The lowest BCUT2D eigenvalue weighted by atomic mass is 10.1. The number of hydrogen-bond donors (Lipinski definition) is 2. The molecular weight excluding hydrogens is 272 g/mol. The van der Waals surface area contributed by atoms with Crippen LogP contribution in [0.1, 0.15) is 21.7 Å². The van der Waals surface area contributed by atoms with Crippen LogP contribution in [0, 0.1) is 6.92 Å². The van der Waals surface area contributed by atoms with Crippen LogP contribution in [-0.4, -0.2) is 31.7 Å². The number of aryl methyl sites for hydroxylation is 2.